The maximum absolute atomic E-state index is 13.1. The fourth-order valence-electron chi connectivity index (χ4n) is 7.46. The van der Waals surface area contributed by atoms with Crippen LogP contribution in [0.4, 0.5) is 5.82 Å². The van der Waals surface area contributed by atoms with E-state index < -0.39 is 57.7 Å². The number of hydrazine groups is 1. The summed E-state index contributed by atoms with van der Waals surface area (Å²) in [4.78, 5) is 41.3. The van der Waals surface area contributed by atoms with Crippen molar-refractivity contribution in [2.75, 3.05) is 25.0 Å². The number of amides is 1. The molecule has 0 radical (unpaired) electrons. The summed E-state index contributed by atoms with van der Waals surface area (Å²) in [5.41, 5.74) is 4.43. The Morgan fingerprint density at radius 2 is 1.68 bits per heavy atom. The zero-order valence-corrected chi connectivity index (χ0v) is 33.8. The second kappa shape index (κ2) is 18.2. The van der Waals surface area contributed by atoms with Crippen molar-refractivity contribution in [3.8, 4) is 0 Å². The third-order valence-corrected chi connectivity index (χ3v) is 15.6. The van der Waals surface area contributed by atoms with Crippen LogP contribution in [0.5, 0.6) is 0 Å². The first-order chi connectivity index (χ1) is 26.9. The summed E-state index contributed by atoms with van der Waals surface area (Å²) in [6.45, 7) is 8.33. The fraction of sp³-hybridized carbons (Fsp3) is 0.390. The number of hydrogen-bond donors (Lipinski definition) is 3. The minimum Gasteiger partial charge on any atom is -0.566 e. The molecule has 2 saturated heterocycles. The van der Waals surface area contributed by atoms with E-state index in [0.717, 1.165) is 27.9 Å². The second-order valence-electron chi connectivity index (χ2n) is 15.0. The quantitative estimate of drug-likeness (QED) is 0.0893. The number of carbonyl (C=O) groups is 1. The largest absolute Gasteiger partial charge is 0.566 e. The number of rotatable bonds is 10. The molecule has 1 aromatic heterocycles. The molecule has 3 N–H and O–H groups in total. The van der Waals surface area contributed by atoms with Gasteiger partial charge in [0.1, 0.15) is 18.1 Å². The maximum Gasteiger partial charge on any atom is 0.491 e. The summed E-state index contributed by atoms with van der Waals surface area (Å²) < 4.78 is 30.8. The number of aromatic nitrogens is 2. The topological polar surface area (TPSA) is 167 Å². The Morgan fingerprint density at radius 1 is 1.04 bits per heavy atom. The molecule has 294 valence electrons. The lowest BCUT2D eigenvalue weighted by Gasteiger charge is -2.43. The SMILES string of the molecule is CC(C)(C)[Si](OC[C@H]1O[C@@H](n2ccc(NC(=O)c3ccccc3)nc2=O)C[C@]1(O)O[P+](=O)[O-])(c1ccccc1)c1ccccc1.[C+]1=C2CCCCNN2CCC1. The Morgan fingerprint density at radius 3 is 2.29 bits per heavy atom. The number of anilines is 1. The molecule has 2 fully saturated rings. The minimum absolute atomic E-state index is 0.0174. The zero-order chi connectivity index (χ0) is 39.8. The molecule has 1 unspecified atom stereocenters. The van der Waals surface area contributed by atoms with E-state index in [-0.39, 0.29) is 12.4 Å². The molecule has 0 aliphatic carbocycles. The standard InChI is InChI=1S/C32H34N3O8PSi.C9H15N2/c1-31(2,3)45(24-15-9-5-10-16-24,25-17-11-6-12-18-25)41-22-26-32(38,43-44(39)40)21-28(42-26)35-20-19-27(34-30(35)37)33-29(36)23-13-7-4-8-14-23;1-3-7-10-11-8-4-2-6-9(11)5-1/h4-20,26,28,38H,21-22H2,1-3H3,(H,33,34,36,37);10H,1-5,7-8H2/q;+1/t26-,28-,32+;/m1./s1. The first-order valence-corrected chi connectivity index (χ1v) is 21.9. The van der Waals surface area contributed by atoms with Crippen LogP contribution in [-0.4, -0.2) is 65.5 Å². The first kappa shape index (κ1) is 41.2. The first-order valence-electron chi connectivity index (χ1n) is 18.9. The Balaban J connectivity index is 0.000000411. The summed E-state index contributed by atoms with van der Waals surface area (Å²) in [6, 6.07) is 29.5. The molecular formula is C41H49N5O8PSi+. The zero-order valence-electron chi connectivity index (χ0n) is 31.9. The summed E-state index contributed by atoms with van der Waals surface area (Å²) in [7, 11) is -6.59. The van der Waals surface area contributed by atoms with Gasteiger partial charge >= 0.3 is 13.9 Å². The van der Waals surface area contributed by atoms with Crippen LogP contribution in [0, 0.1) is 6.08 Å². The van der Waals surface area contributed by atoms with Gasteiger partial charge in [-0.05, 0) is 51.0 Å². The van der Waals surface area contributed by atoms with Gasteiger partial charge < -0.3 is 24.5 Å². The van der Waals surface area contributed by atoms with E-state index in [9.17, 15) is 24.2 Å². The third-order valence-electron chi connectivity index (χ3n) is 10.2. The molecule has 3 aliphatic heterocycles. The fourth-order valence-corrected chi connectivity index (χ4v) is 12.5. The number of hydrogen-bond acceptors (Lipinski definition) is 11. The highest BCUT2D eigenvalue weighted by Gasteiger charge is 2.57. The van der Waals surface area contributed by atoms with Gasteiger partial charge in [-0.2, -0.15) is 4.98 Å². The van der Waals surface area contributed by atoms with Gasteiger partial charge in [0.05, 0.1) is 13.0 Å². The Bertz CT molecular complexity index is 1990. The molecule has 4 aromatic rings. The van der Waals surface area contributed by atoms with Crippen molar-refractivity contribution in [2.45, 2.75) is 82.5 Å². The van der Waals surface area contributed by atoms with Crippen LogP contribution in [0.15, 0.2) is 114 Å². The maximum atomic E-state index is 13.1. The molecule has 3 aliphatic rings. The van der Waals surface area contributed by atoms with Crippen molar-refractivity contribution in [1.29, 1.82) is 0 Å². The van der Waals surface area contributed by atoms with E-state index in [1.807, 2.05) is 60.7 Å². The number of carbonyl (C=O) groups excluding carboxylic acids is 1. The molecule has 0 saturated carbocycles. The number of nitrogens with zero attached hydrogens (tertiary/aromatic N) is 3. The van der Waals surface area contributed by atoms with E-state index in [2.05, 4.69) is 47.6 Å². The highest BCUT2D eigenvalue weighted by molar-refractivity contribution is 7.30. The van der Waals surface area contributed by atoms with Crippen LogP contribution in [0.2, 0.25) is 5.04 Å². The average molecular weight is 799 g/mol. The summed E-state index contributed by atoms with van der Waals surface area (Å²) in [6.07, 6.45) is 8.24. The van der Waals surface area contributed by atoms with E-state index in [4.69, 9.17) is 13.7 Å². The van der Waals surface area contributed by atoms with Crippen molar-refractivity contribution in [3.05, 3.63) is 131 Å². The van der Waals surface area contributed by atoms with Gasteiger partial charge in [-0.1, -0.05) is 99.6 Å². The van der Waals surface area contributed by atoms with Crippen LogP contribution < -0.4 is 31.7 Å². The van der Waals surface area contributed by atoms with Crippen molar-refractivity contribution >= 4 is 38.7 Å². The van der Waals surface area contributed by atoms with Gasteiger partial charge in [-0.15, -0.1) is 4.52 Å². The third kappa shape index (κ3) is 9.55. The number of nitrogens with one attached hydrogen (secondary N) is 2. The predicted molar refractivity (Wildman–Crippen MR) is 213 cm³/mol. The molecule has 1 amide bonds. The number of benzene rings is 3. The summed E-state index contributed by atoms with van der Waals surface area (Å²) in [5.74, 6) is -2.76. The second-order valence-corrected chi connectivity index (χ2v) is 19.9. The van der Waals surface area contributed by atoms with Gasteiger partial charge in [0.25, 0.3) is 25.7 Å². The molecular weight excluding hydrogens is 750 g/mol. The Kier molecular flexibility index (Phi) is 13.4. The van der Waals surface area contributed by atoms with Gasteiger partial charge in [-0.3, -0.25) is 14.4 Å². The minimum atomic E-state index is -3.49. The lowest BCUT2D eigenvalue weighted by atomic mass is 10.1. The molecule has 13 nitrogen and oxygen atoms in total. The molecule has 3 aromatic carbocycles. The lowest BCUT2D eigenvalue weighted by Crippen LogP contribution is -2.67. The predicted octanol–water partition coefficient (Wildman–Crippen LogP) is 4.54. The van der Waals surface area contributed by atoms with Gasteiger partial charge in [0.2, 0.25) is 6.08 Å². The van der Waals surface area contributed by atoms with Crippen molar-refractivity contribution in [1.82, 2.24) is 20.0 Å². The number of allylic oxidation sites excluding steroid dienone is 2. The van der Waals surface area contributed by atoms with Crippen molar-refractivity contribution in [2.24, 2.45) is 0 Å². The highest BCUT2D eigenvalue weighted by Crippen LogP contribution is 2.43. The molecule has 0 spiro atoms. The van der Waals surface area contributed by atoms with Gasteiger partial charge in [0, 0.05) is 37.7 Å². The summed E-state index contributed by atoms with van der Waals surface area (Å²) >= 11 is 0. The number of ether oxygens (including phenoxy) is 1. The van der Waals surface area contributed by atoms with Crippen LogP contribution >= 0.6 is 8.25 Å². The molecule has 56 heavy (non-hydrogen) atoms. The van der Waals surface area contributed by atoms with E-state index in [0.29, 0.717) is 5.56 Å². The van der Waals surface area contributed by atoms with Crippen molar-refractivity contribution in [3.63, 3.8) is 0 Å². The molecule has 15 heteroatoms. The Labute approximate surface area is 329 Å². The lowest BCUT2D eigenvalue weighted by molar-refractivity contribution is -0.239. The van der Waals surface area contributed by atoms with E-state index >= 15 is 0 Å². The summed E-state index contributed by atoms with van der Waals surface area (Å²) in [5, 5.41) is 17.9. The Hall–Kier alpha value is -4.46. The van der Waals surface area contributed by atoms with Gasteiger partial charge in [-0.25, -0.2) is 10.2 Å². The highest BCUT2D eigenvalue weighted by atomic mass is 31.1. The smallest absolute Gasteiger partial charge is 0.491 e. The average Bonchev–Trinajstić information content (AvgIpc) is 3.33. The normalized spacial score (nSPS) is 21.3. The molecule has 4 atom stereocenters. The molecule has 0 bridgehead atoms. The van der Waals surface area contributed by atoms with Crippen LogP contribution in [0.1, 0.15) is 75.9 Å². The van der Waals surface area contributed by atoms with Crippen LogP contribution in [-0.2, 0) is 18.3 Å². The van der Waals surface area contributed by atoms with E-state index in [1.54, 1.807) is 30.3 Å². The number of fused-ring (bicyclic) bond motifs is 1. The van der Waals surface area contributed by atoms with Crippen LogP contribution in [0.25, 0.3) is 0 Å². The van der Waals surface area contributed by atoms with Crippen molar-refractivity contribution < 1.29 is 33.0 Å². The monoisotopic (exact) mass is 798 g/mol. The molecule has 7 rings (SSSR count). The van der Waals surface area contributed by atoms with Gasteiger partial charge in [0.15, 0.2) is 6.42 Å². The van der Waals surface area contributed by atoms with E-state index in [1.165, 1.54) is 50.2 Å². The number of aliphatic hydroxyl groups is 1. The molecule has 4 heterocycles. The van der Waals surface area contributed by atoms with Crippen LogP contribution in [0.3, 0.4) is 0 Å².